The van der Waals surface area contributed by atoms with Crippen molar-refractivity contribution in [3.05, 3.63) is 35.4 Å². The van der Waals surface area contributed by atoms with Crippen molar-refractivity contribution >= 4 is 27.7 Å². The van der Waals surface area contributed by atoms with E-state index in [1.807, 2.05) is 18.2 Å². The number of hydrogen-bond donors (Lipinski definition) is 1. The number of alkyl halides is 1. The van der Waals surface area contributed by atoms with Gasteiger partial charge in [0.05, 0.1) is 0 Å². The molecule has 1 aromatic rings. The van der Waals surface area contributed by atoms with Crippen LogP contribution in [0.25, 0.3) is 6.08 Å². The molecule has 0 aliphatic rings. The molecule has 0 aliphatic carbocycles. The zero-order valence-electron chi connectivity index (χ0n) is 7.05. The first-order valence-corrected chi connectivity index (χ1v) is 4.95. The highest BCUT2D eigenvalue weighted by Crippen LogP contribution is 2.13. The largest absolute Gasteiger partial charge is 0.399 e. The van der Waals surface area contributed by atoms with E-state index in [1.54, 1.807) is 0 Å². The first-order valence-electron chi connectivity index (χ1n) is 3.82. The summed E-state index contributed by atoms with van der Waals surface area (Å²) in [4.78, 5) is 0. The lowest BCUT2D eigenvalue weighted by molar-refractivity contribution is 1.44. The van der Waals surface area contributed by atoms with Crippen LogP contribution in [0.3, 0.4) is 0 Å². The average molecular weight is 226 g/mol. The molecule has 0 amide bonds. The molecule has 0 radical (unpaired) electrons. The number of hydrogen-bond acceptors (Lipinski definition) is 1. The molecule has 2 heteroatoms. The predicted octanol–water partition coefficient (Wildman–Crippen LogP) is 2.99. The quantitative estimate of drug-likeness (QED) is 0.608. The SMILES string of the molecule is Cc1cc(N)ccc1C=CCBr. The first kappa shape index (κ1) is 9.33. The van der Waals surface area contributed by atoms with Gasteiger partial charge in [-0.15, -0.1) is 0 Å². The van der Waals surface area contributed by atoms with Crippen molar-refractivity contribution in [2.75, 3.05) is 11.1 Å². The zero-order chi connectivity index (χ0) is 8.97. The Labute approximate surface area is 81.4 Å². The summed E-state index contributed by atoms with van der Waals surface area (Å²) in [5.41, 5.74) is 8.89. The molecule has 0 saturated carbocycles. The lowest BCUT2D eigenvalue weighted by atomic mass is 10.1. The molecule has 2 N–H and O–H groups in total. The number of allylic oxidation sites excluding steroid dienone is 1. The van der Waals surface area contributed by atoms with E-state index in [1.165, 1.54) is 11.1 Å². The van der Waals surface area contributed by atoms with Gasteiger partial charge in [-0.05, 0) is 30.2 Å². The Kier molecular flexibility index (Phi) is 3.35. The van der Waals surface area contributed by atoms with Crippen molar-refractivity contribution in [2.24, 2.45) is 0 Å². The Hall–Kier alpha value is -0.760. The van der Waals surface area contributed by atoms with Crippen LogP contribution in [0.5, 0.6) is 0 Å². The second kappa shape index (κ2) is 4.31. The van der Waals surface area contributed by atoms with E-state index in [0.717, 1.165) is 11.0 Å². The van der Waals surface area contributed by atoms with Gasteiger partial charge >= 0.3 is 0 Å². The zero-order valence-corrected chi connectivity index (χ0v) is 8.64. The second-order valence-electron chi connectivity index (χ2n) is 2.67. The summed E-state index contributed by atoms with van der Waals surface area (Å²) >= 11 is 3.33. The molecular formula is C10H12BrN. The number of rotatable bonds is 2. The molecule has 0 heterocycles. The standard InChI is InChI=1S/C10H12BrN/c1-8-7-10(12)5-4-9(8)3-2-6-11/h2-5,7H,6,12H2,1H3. The number of halogens is 1. The van der Waals surface area contributed by atoms with Crippen molar-refractivity contribution in [3.8, 4) is 0 Å². The fourth-order valence-electron chi connectivity index (χ4n) is 1.06. The monoisotopic (exact) mass is 225 g/mol. The van der Waals surface area contributed by atoms with E-state index in [-0.39, 0.29) is 0 Å². The van der Waals surface area contributed by atoms with Crippen LogP contribution >= 0.6 is 15.9 Å². The highest BCUT2D eigenvalue weighted by Gasteiger charge is 1.92. The molecule has 64 valence electrons. The van der Waals surface area contributed by atoms with Gasteiger partial charge in [0, 0.05) is 11.0 Å². The van der Waals surface area contributed by atoms with Gasteiger partial charge in [-0.1, -0.05) is 34.1 Å². The molecule has 0 aromatic heterocycles. The van der Waals surface area contributed by atoms with Gasteiger partial charge in [-0.25, -0.2) is 0 Å². The molecule has 1 nitrogen and oxygen atoms in total. The minimum absolute atomic E-state index is 0.823. The summed E-state index contributed by atoms with van der Waals surface area (Å²) in [7, 11) is 0. The third-order valence-corrected chi connectivity index (χ3v) is 2.05. The number of nitrogens with two attached hydrogens (primary N) is 1. The van der Waals surface area contributed by atoms with Gasteiger partial charge in [0.15, 0.2) is 0 Å². The molecule has 1 aromatic carbocycles. The lowest BCUT2D eigenvalue weighted by Gasteiger charge is -2.00. The van der Waals surface area contributed by atoms with E-state index < -0.39 is 0 Å². The molecule has 0 atom stereocenters. The van der Waals surface area contributed by atoms with Crippen LogP contribution in [-0.4, -0.2) is 5.33 Å². The number of nitrogen functional groups attached to an aromatic ring is 1. The molecule has 0 bridgehead atoms. The highest BCUT2D eigenvalue weighted by atomic mass is 79.9. The summed E-state index contributed by atoms with van der Waals surface area (Å²) in [5.74, 6) is 0. The Morgan fingerprint density at radius 1 is 1.50 bits per heavy atom. The maximum Gasteiger partial charge on any atom is 0.0317 e. The summed E-state index contributed by atoms with van der Waals surface area (Å²) in [5, 5.41) is 0.886. The summed E-state index contributed by atoms with van der Waals surface area (Å²) < 4.78 is 0. The van der Waals surface area contributed by atoms with Crippen LogP contribution in [0, 0.1) is 6.92 Å². The summed E-state index contributed by atoms with van der Waals surface area (Å²) in [6.07, 6.45) is 4.15. The smallest absolute Gasteiger partial charge is 0.0317 e. The van der Waals surface area contributed by atoms with E-state index >= 15 is 0 Å². The van der Waals surface area contributed by atoms with Crippen molar-refractivity contribution in [1.82, 2.24) is 0 Å². The third kappa shape index (κ3) is 2.38. The van der Waals surface area contributed by atoms with Gasteiger partial charge in [0.25, 0.3) is 0 Å². The van der Waals surface area contributed by atoms with Crippen LogP contribution in [0.4, 0.5) is 5.69 Å². The van der Waals surface area contributed by atoms with Gasteiger partial charge in [0.1, 0.15) is 0 Å². The van der Waals surface area contributed by atoms with Crippen molar-refractivity contribution in [2.45, 2.75) is 6.92 Å². The molecule has 12 heavy (non-hydrogen) atoms. The predicted molar refractivity (Wildman–Crippen MR) is 58.4 cm³/mol. The van der Waals surface area contributed by atoms with E-state index in [4.69, 9.17) is 5.73 Å². The Morgan fingerprint density at radius 2 is 2.25 bits per heavy atom. The van der Waals surface area contributed by atoms with E-state index in [9.17, 15) is 0 Å². The van der Waals surface area contributed by atoms with Crippen LogP contribution in [0.1, 0.15) is 11.1 Å². The summed E-state index contributed by atoms with van der Waals surface area (Å²) in [6, 6.07) is 5.93. The molecule has 0 fully saturated rings. The number of aryl methyl sites for hydroxylation is 1. The Bertz CT molecular complexity index is 292. The van der Waals surface area contributed by atoms with Gasteiger partial charge in [0.2, 0.25) is 0 Å². The maximum atomic E-state index is 5.62. The molecule has 0 aliphatic heterocycles. The normalized spacial score (nSPS) is 10.8. The van der Waals surface area contributed by atoms with Crippen molar-refractivity contribution in [3.63, 3.8) is 0 Å². The molecule has 1 rings (SSSR count). The molecule has 0 unspecified atom stereocenters. The summed E-state index contributed by atoms with van der Waals surface area (Å²) in [6.45, 7) is 2.06. The number of anilines is 1. The van der Waals surface area contributed by atoms with E-state index in [0.29, 0.717) is 0 Å². The fourth-order valence-corrected chi connectivity index (χ4v) is 1.24. The highest BCUT2D eigenvalue weighted by molar-refractivity contribution is 9.09. The minimum atomic E-state index is 0.823. The van der Waals surface area contributed by atoms with Gasteiger partial charge in [-0.3, -0.25) is 0 Å². The Morgan fingerprint density at radius 3 is 2.83 bits per heavy atom. The number of benzene rings is 1. The van der Waals surface area contributed by atoms with E-state index in [2.05, 4.69) is 35.0 Å². The minimum Gasteiger partial charge on any atom is -0.399 e. The molecular weight excluding hydrogens is 214 g/mol. The first-order chi connectivity index (χ1) is 5.74. The van der Waals surface area contributed by atoms with Crippen molar-refractivity contribution in [1.29, 1.82) is 0 Å². The van der Waals surface area contributed by atoms with Gasteiger partial charge < -0.3 is 5.73 Å². The average Bonchev–Trinajstić information content (AvgIpc) is 2.03. The molecule has 0 spiro atoms. The van der Waals surface area contributed by atoms with Gasteiger partial charge in [-0.2, -0.15) is 0 Å². The van der Waals surface area contributed by atoms with Crippen LogP contribution in [0.15, 0.2) is 24.3 Å². The van der Waals surface area contributed by atoms with Crippen LogP contribution in [-0.2, 0) is 0 Å². The topological polar surface area (TPSA) is 26.0 Å². The second-order valence-corrected chi connectivity index (χ2v) is 3.32. The lowest BCUT2D eigenvalue weighted by Crippen LogP contribution is -1.87. The third-order valence-electron chi connectivity index (χ3n) is 1.68. The fraction of sp³-hybridized carbons (Fsp3) is 0.200. The van der Waals surface area contributed by atoms with Crippen molar-refractivity contribution < 1.29 is 0 Å². The van der Waals surface area contributed by atoms with Crippen LogP contribution in [0.2, 0.25) is 0 Å². The maximum absolute atomic E-state index is 5.62. The van der Waals surface area contributed by atoms with Crippen LogP contribution < -0.4 is 5.73 Å². The molecule has 0 saturated heterocycles. The Balaban J connectivity index is 2.94.